The first kappa shape index (κ1) is 17.5. The van der Waals surface area contributed by atoms with Gasteiger partial charge < -0.3 is 15.2 Å². The van der Waals surface area contributed by atoms with E-state index in [1.165, 1.54) is 6.92 Å². The highest BCUT2D eigenvalue weighted by molar-refractivity contribution is 9.10. The molecule has 1 aliphatic rings. The van der Waals surface area contributed by atoms with E-state index in [1.54, 1.807) is 36.5 Å². The minimum Gasteiger partial charge on any atom is -0.346 e. The summed E-state index contributed by atoms with van der Waals surface area (Å²) < 4.78 is 2.80. The van der Waals surface area contributed by atoms with Crippen LogP contribution in [0.3, 0.4) is 0 Å². The Hall–Kier alpha value is -2.93. The smallest absolute Gasteiger partial charge is 0.261 e. The molecule has 2 N–H and O–H groups in total. The number of nitrogens with zero attached hydrogens (tertiary/aromatic N) is 1. The number of carbonyl (C=O) groups excluding carboxylic acids is 2. The normalized spacial score (nSPS) is 12.2. The molecule has 0 aliphatic carbocycles. The maximum Gasteiger partial charge on any atom is 0.261 e. The molecule has 0 radical (unpaired) electrons. The average molecular weight is 426 g/mol. The predicted molar refractivity (Wildman–Crippen MR) is 108 cm³/mol. The van der Waals surface area contributed by atoms with Crippen molar-refractivity contribution < 1.29 is 9.59 Å². The summed E-state index contributed by atoms with van der Waals surface area (Å²) in [6.45, 7) is 2.17. The maximum absolute atomic E-state index is 12.9. The molecular formula is C20H16BrN3O3. The monoisotopic (exact) mass is 425 g/mol. The summed E-state index contributed by atoms with van der Waals surface area (Å²) in [6.07, 6.45) is 2.47. The Morgan fingerprint density at radius 3 is 2.41 bits per heavy atom. The number of hydrogen-bond acceptors (Lipinski definition) is 3. The van der Waals surface area contributed by atoms with Crippen molar-refractivity contribution >= 4 is 50.0 Å². The Balaban J connectivity index is 1.67. The largest absolute Gasteiger partial charge is 0.346 e. The van der Waals surface area contributed by atoms with Gasteiger partial charge in [0.1, 0.15) is 5.56 Å². The summed E-state index contributed by atoms with van der Waals surface area (Å²) in [5.41, 5.74) is 3.02. The highest BCUT2D eigenvalue weighted by Gasteiger charge is 2.21. The summed E-state index contributed by atoms with van der Waals surface area (Å²) in [7, 11) is 0. The van der Waals surface area contributed by atoms with Crippen LogP contribution in [-0.2, 0) is 17.8 Å². The van der Waals surface area contributed by atoms with E-state index in [1.807, 2.05) is 10.6 Å². The Morgan fingerprint density at radius 2 is 1.74 bits per heavy atom. The predicted octanol–water partition coefficient (Wildman–Crippen LogP) is 3.53. The van der Waals surface area contributed by atoms with Crippen LogP contribution in [0.15, 0.2) is 51.9 Å². The Morgan fingerprint density at radius 1 is 1.07 bits per heavy atom. The van der Waals surface area contributed by atoms with Crippen LogP contribution in [0.4, 0.5) is 11.4 Å². The molecule has 7 heteroatoms. The van der Waals surface area contributed by atoms with Gasteiger partial charge in [-0.1, -0.05) is 15.9 Å². The molecule has 0 unspecified atom stereocenters. The molecule has 1 aliphatic heterocycles. The molecule has 0 bridgehead atoms. The number of anilines is 2. The van der Waals surface area contributed by atoms with Crippen molar-refractivity contribution in [3.8, 4) is 0 Å². The molecule has 2 aromatic carbocycles. The number of hydrogen-bond donors (Lipinski definition) is 2. The van der Waals surface area contributed by atoms with Crippen LogP contribution in [0.5, 0.6) is 0 Å². The van der Waals surface area contributed by atoms with Gasteiger partial charge in [0.15, 0.2) is 0 Å². The van der Waals surface area contributed by atoms with Crippen LogP contribution in [0.25, 0.3) is 10.9 Å². The minimum absolute atomic E-state index is 0.111. The number of pyridine rings is 1. The van der Waals surface area contributed by atoms with Crippen LogP contribution >= 0.6 is 15.9 Å². The summed E-state index contributed by atoms with van der Waals surface area (Å²) >= 11 is 3.44. The van der Waals surface area contributed by atoms with E-state index in [0.717, 1.165) is 28.5 Å². The van der Waals surface area contributed by atoms with Crippen molar-refractivity contribution in [1.82, 2.24) is 4.57 Å². The molecule has 27 heavy (non-hydrogen) atoms. The number of halogens is 1. The maximum atomic E-state index is 12.9. The second kappa shape index (κ2) is 6.66. The lowest BCUT2D eigenvalue weighted by molar-refractivity contribution is -0.114. The molecule has 0 saturated heterocycles. The third-order valence-electron chi connectivity index (χ3n) is 4.54. The van der Waals surface area contributed by atoms with Gasteiger partial charge in [-0.25, -0.2) is 0 Å². The molecule has 1 aromatic heterocycles. The molecule has 136 valence electrons. The van der Waals surface area contributed by atoms with Crippen molar-refractivity contribution in [1.29, 1.82) is 0 Å². The second-order valence-corrected chi connectivity index (χ2v) is 7.40. The summed E-state index contributed by atoms with van der Waals surface area (Å²) in [5.74, 6) is -0.620. The second-order valence-electron chi connectivity index (χ2n) is 6.49. The molecule has 0 atom stereocenters. The summed E-state index contributed by atoms with van der Waals surface area (Å²) in [5, 5.41) is 5.96. The first-order chi connectivity index (χ1) is 12.9. The van der Waals surface area contributed by atoms with Gasteiger partial charge in [0.2, 0.25) is 11.3 Å². The number of carbonyl (C=O) groups is 2. The summed E-state index contributed by atoms with van der Waals surface area (Å²) in [4.78, 5) is 36.7. The number of aryl methyl sites for hydroxylation is 2. The molecule has 6 nitrogen and oxygen atoms in total. The van der Waals surface area contributed by atoms with E-state index in [-0.39, 0.29) is 16.9 Å². The van der Waals surface area contributed by atoms with Gasteiger partial charge in [-0.15, -0.1) is 0 Å². The quantitative estimate of drug-likeness (QED) is 0.673. The zero-order valence-corrected chi connectivity index (χ0v) is 16.1. The molecule has 2 amide bonds. The first-order valence-electron chi connectivity index (χ1n) is 8.47. The lowest BCUT2D eigenvalue weighted by Crippen LogP contribution is -2.23. The fourth-order valence-electron chi connectivity index (χ4n) is 3.40. The highest BCUT2D eigenvalue weighted by Crippen LogP contribution is 2.28. The van der Waals surface area contributed by atoms with Crippen molar-refractivity contribution in [2.24, 2.45) is 0 Å². The van der Waals surface area contributed by atoms with Gasteiger partial charge in [0.05, 0.1) is 5.52 Å². The lowest BCUT2D eigenvalue weighted by atomic mass is 10.1. The Bertz CT molecular complexity index is 1150. The van der Waals surface area contributed by atoms with E-state index in [2.05, 4.69) is 26.6 Å². The van der Waals surface area contributed by atoms with Gasteiger partial charge in [0, 0.05) is 40.9 Å². The number of aromatic nitrogens is 1. The molecule has 0 saturated carbocycles. The third kappa shape index (κ3) is 3.26. The standard InChI is InChI=1S/C20H16BrN3O3/c1-11(25)22-14-2-4-15(5-3-14)23-20(27)17-10-24-7-6-12-8-13(21)9-16(18(12)24)19(17)26/h2-5,8-10H,6-7H2,1H3,(H,22,25)(H,23,27). The molecule has 0 fully saturated rings. The number of rotatable bonds is 3. The molecule has 0 spiro atoms. The van der Waals surface area contributed by atoms with E-state index in [9.17, 15) is 14.4 Å². The van der Waals surface area contributed by atoms with Crippen LogP contribution in [-0.4, -0.2) is 16.4 Å². The topological polar surface area (TPSA) is 80.2 Å². The van der Waals surface area contributed by atoms with Gasteiger partial charge in [-0.3, -0.25) is 14.4 Å². The van der Waals surface area contributed by atoms with Crippen LogP contribution in [0.1, 0.15) is 22.8 Å². The zero-order chi connectivity index (χ0) is 19.1. The van der Waals surface area contributed by atoms with Crippen molar-refractivity contribution in [3.63, 3.8) is 0 Å². The van der Waals surface area contributed by atoms with Crippen molar-refractivity contribution in [2.75, 3.05) is 10.6 Å². The van der Waals surface area contributed by atoms with E-state index >= 15 is 0 Å². The summed E-state index contributed by atoms with van der Waals surface area (Å²) in [6, 6.07) is 10.5. The Kier molecular flexibility index (Phi) is 4.31. The molecule has 3 aromatic rings. The number of amides is 2. The van der Waals surface area contributed by atoms with E-state index in [0.29, 0.717) is 16.8 Å². The third-order valence-corrected chi connectivity index (χ3v) is 5.00. The van der Waals surface area contributed by atoms with Gasteiger partial charge in [0.25, 0.3) is 5.91 Å². The minimum atomic E-state index is -0.452. The van der Waals surface area contributed by atoms with Crippen LogP contribution in [0.2, 0.25) is 0 Å². The van der Waals surface area contributed by atoms with Crippen LogP contribution in [0, 0.1) is 0 Å². The Labute approximate surface area is 163 Å². The fourth-order valence-corrected chi connectivity index (χ4v) is 3.91. The van der Waals surface area contributed by atoms with Crippen molar-refractivity contribution in [3.05, 3.63) is 68.4 Å². The fraction of sp³-hybridized carbons (Fsp3) is 0.150. The van der Waals surface area contributed by atoms with E-state index in [4.69, 9.17) is 0 Å². The average Bonchev–Trinajstić information content (AvgIpc) is 3.02. The van der Waals surface area contributed by atoms with Gasteiger partial charge in [-0.05, 0) is 48.4 Å². The number of benzene rings is 2. The lowest BCUT2D eigenvalue weighted by Gasteiger charge is -2.10. The zero-order valence-electron chi connectivity index (χ0n) is 14.5. The molecular weight excluding hydrogens is 410 g/mol. The number of nitrogens with one attached hydrogen (secondary N) is 2. The van der Waals surface area contributed by atoms with Gasteiger partial charge in [-0.2, -0.15) is 0 Å². The SMILES string of the molecule is CC(=O)Nc1ccc(NC(=O)c2cn3c4c(cc(Br)cc4c2=O)CC3)cc1. The van der Waals surface area contributed by atoms with Crippen molar-refractivity contribution in [2.45, 2.75) is 19.9 Å². The molecule has 2 heterocycles. The van der Waals surface area contributed by atoms with Gasteiger partial charge >= 0.3 is 0 Å². The van der Waals surface area contributed by atoms with Crippen LogP contribution < -0.4 is 16.1 Å². The highest BCUT2D eigenvalue weighted by atomic mass is 79.9. The first-order valence-corrected chi connectivity index (χ1v) is 9.26. The van der Waals surface area contributed by atoms with E-state index < -0.39 is 5.91 Å². The molecule has 4 rings (SSSR count).